The topological polar surface area (TPSA) is 79.4 Å². The fourth-order valence-electron chi connectivity index (χ4n) is 4.35. The number of benzene rings is 1. The summed E-state index contributed by atoms with van der Waals surface area (Å²) in [6.07, 6.45) is 4.97. The maximum atomic E-state index is 12.6. The molecule has 1 saturated heterocycles. The molecule has 25 heavy (non-hydrogen) atoms. The molecule has 1 aromatic carbocycles. The van der Waals surface area contributed by atoms with Crippen molar-refractivity contribution in [3.8, 4) is 0 Å². The summed E-state index contributed by atoms with van der Waals surface area (Å²) in [5.41, 5.74) is 0.813. The van der Waals surface area contributed by atoms with Gasteiger partial charge in [-0.15, -0.1) is 0 Å². The summed E-state index contributed by atoms with van der Waals surface area (Å²) in [6.45, 7) is -0.236. The smallest absolute Gasteiger partial charge is 0.246 e. The summed E-state index contributed by atoms with van der Waals surface area (Å²) in [4.78, 5) is 43.0. The number of anilines is 1. The zero-order chi connectivity index (χ0) is 17.1. The number of allylic oxidation sites excluding steroid dienone is 2. The molecule has 2 heterocycles. The number of carbonyl (C=O) groups is 3. The number of likely N-dealkylation sites (tertiary alicyclic amines) is 1. The van der Waals surface area contributed by atoms with Gasteiger partial charge < -0.3 is 5.32 Å². The molecule has 0 unspecified atom stereocenters. The molecular formula is C18H15N3O3S. The minimum Gasteiger partial charge on any atom is -0.300 e. The van der Waals surface area contributed by atoms with Gasteiger partial charge in [0, 0.05) is 0 Å². The van der Waals surface area contributed by atoms with Crippen molar-refractivity contribution in [3.05, 3.63) is 36.4 Å². The Bertz CT molecular complexity index is 887. The molecule has 6 nitrogen and oxygen atoms in total. The molecule has 1 aromatic heterocycles. The summed E-state index contributed by atoms with van der Waals surface area (Å²) >= 11 is 1.37. The van der Waals surface area contributed by atoms with Gasteiger partial charge in [-0.2, -0.15) is 0 Å². The van der Waals surface area contributed by atoms with Crippen LogP contribution in [0.5, 0.6) is 0 Å². The van der Waals surface area contributed by atoms with Gasteiger partial charge in [-0.05, 0) is 30.4 Å². The van der Waals surface area contributed by atoms with Gasteiger partial charge in [0.2, 0.25) is 17.7 Å². The van der Waals surface area contributed by atoms with E-state index in [1.807, 2.05) is 36.4 Å². The van der Waals surface area contributed by atoms with Crippen LogP contribution in [0.25, 0.3) is 10.2 Å². The third-order valence-electron chi connectivity index (χ3n) is 5.40. The lowest BCUT2D eigenvalue weighted by Gasteiger charge is -2.16. The van der Waals surface area contributed by atoms with E-state index in [-0.39, 0.29) is 47.9 Å². The van der Waals surface area contributed by atoms with Crippen LogP contribution in [-0.4, -0.2) is 34.2 Å². The van der Waals surface area contributed by atoms with E-state index in [9.17, 15) is 14.4 Å². The maximum Gasteiger partial charge on any atom is 0.246 e. The van der Waals surface area contributed by atoms with Crippen LogP contribution in [-0.2, 0) is 14.4 Å². The number of nitrogens with zero attached hydrogens (tertiary/aromatic N) is 2. The average Bonchev–Trinajstić information content (AvgIpc) is 3.34. The van der Waals surface area contributed by atoms with Gasteiger partial charge in [0.05, 0.1) is 22.1 Å². The molecule has 3 aliphatic rings. The Hall–Kier alpha value is -2.54. The number of hydrogen-bond donors (Lipinski definition) is 1. The van der Waals surface area contributed by atoms with E-state index in [2.05, 4.69) is 10.3 Å². The number of carbonyl (C=O) groups excluding carboxylic acids is 3. The van der Waals surface area contributed by atoms with Gasteiger partial charge in [-0.25, -0.2) is 4.98 Å². The van der Waals surface area contributed by atoms with Crippen LogP contribution in [0.4, 0.5) is 5.13 Å². The lowest BCUT2D eigenvalue weighted by molar-refractivity contribution is -0.143. The Balaban J connectivity index is 1.31. The Labute approximate surface area is 147 Å². The molecule has 1 N–H and O–H groups in total. The molecule has 2 aromatic rings. The van der Waals surface area contributed by atoms with Crippen LogP contribution in [0.2, 0.25) is 0 Å². The summed E-state index contributed by atoms with van der Waals surface area (Å²) in [5.74, 6) is -1.01. The maximum absolute atomic E-state index is 12.6. The molecule has 4 atom stereocenters. The van der Waals surface area contributed by atoms with Crippen molar-refractivity contribution in [2.75, 3.05) is 11.9 Å². The van der Waals surface area contributed by atoms with Gasteiger partial charge in [0.15, 0.2) is 5.13 Å². The van der Waals surface area contributed by atoms with E-state index in [1.165, 1.54) is 11.3 Å². The summed E-state index contributed by atoms with van der Waals surface area (Å²) in [7, 11) is 0. The van der Waals surface area contributed by atoms with Gasteiger partial charge in [0.1, 0.15) is 6.54 Å². The standard InChI is InChI=1S/C18H15N3O3S/c22-13(20-18-19-11-3-1-2-4-12(11)25-18)8-21-16(23)14-9-5-6-10(7-9)15(14)17(21)24/h1-6,9-10,14-15H,7-8H2,(H,19,20,22)/t9-,10-,14-,15+/m1/s1. The van der Waals surface area contributed by atoms with Crippen molar-refractivity contribution in [2.24, 2.45) is 23.7 Å². The Morgan fingerprint density at radius 2 is 1.84 bits per heavy atom. The molecule has 3 amide bonds. The normalized spacial score (nSPS) is 29.7. The van der Waals surface area contributed by atoms with Crippen molar-refractivity contribution in [1.82, 2.24) is 9.88 Å². The molecule has 0 radical (unpaired) electrons. The third kappa shape index (κ3) is 2.15. The number of amides is 3. The molecule has 1 saturated carbocycles. The second kappa shape index (κ2) is 5.23. The molecule has 7 heteroatoms. The zero-order valence-electron chi connectivity index (χ0n) is 13.2. The molecule has 2 aliphatic carbocycles. The molecule has 126 valence electrons. The summed E-state index contributed by atoms with van der Waals surface area (Å²) < 4.78 is 0.975. The molecule has 1 aliphatic heterocycles. The number of thiazole rings is 1. The van der Waals surface area contributed by atoms with Crippen LogP contribution in [0, 0.1) is 23.7 Å². The van der Waals surface area contributed by atoms with E-state index in [0.29, 0.717) is 5.13 Å². The van der Waals surface area contributed by atoms with Crippen LogP contribution in [0.3, 0.4) is 0 Å². The Morgan fingerprint density at radius 1 is 1.16 bits per heavy atom. The van der Waals surface area contributed by atoms with E-state index >= 15 is 0 Å². The highest BCUT2D eigenvalue weighted by molar-refractivity contribution is 7.22. The second-order valence-corrected chi connectivity index (χ2v) is 7.83. The zero-order valence-corrected chi connectivity index (χ0v) is 14.0. The molecule has 5 rings (SSSR count). The number of para-hydroxylation sites is 1. The molecule has 0 spiro atoms. The van der Waals surface area contributed by atoms with E-state index < -0.39 is 0 Å². The first kappa shape index (κ1) is 14.8. The number of fused-ring (bicyclic) bond motifs is 6. The van der Waals surface area contributed by atoms with Gasteiger partial charge in [-0.3, -0.25) is 19.3 Å². The van der Waals surface area contributed by atoms with E-state index in [0.717, 1.165) is 21.5 Å². The van der Waals surface area contributed by atoms with Crippen molar-refractivity contribution >= 4 is 44.4 Å². The van der Waals surface area contributed by atoms with E-state index in [4.69, 9.17) is 0 Å². The average molecular weight is 353 g/mol. The highest BCUT2D eigenvalue weighted by atomic mass is 32.1. The lowest BCUT2D eigenvalue weighted by atomic mass is 9.85. The van der Waals surface area contributed by atoms with Gasteiger partial charge >= 0.3 is 0 Å². The first-order chi connectivity index (χ1) is 12.1. The SMILES string of the molecule is O=C(CN1C(=O)[C@@H]2[C@H](C1=O)[C@@H]1C=C[C@@H]2C1)Nc1nc2ccccc2s1. The van der Waals surface area contributed by atoms with Crippen LogP contribution in [0.15, 0.2) is 36.4 Å². The van der Waals surface area contributed by atoms with Gasteiger partial charge in [-0.1, -0.05) is 35.6 Å². The van der Waals surface area contributed by atoms with Crippen molar-refractivity contribution < 1.29 is 14.4 Å². The first-order valence-corrected chi connectivity index (χ1v) is 9.12. The van der Waals surface area contributed by atoms with Crippen molar-refractivity contribution in [2.45, 2.75) is 6.42 Å². The quantitative estimate of drug-likeness (QED) is 0.676. The van der Waals surface area contributed by atoms with Crippen LogP contribution >= 0.6 is 11.3 Å². The Morgan fingerprint density at radius 3 is 2.52 bits per heavy atom. The van der Waals surface area contributed by atoms with Crippen LogP contribution < -0.4 is 5.32 Å². The fraction of sp³-hybridized carbons (Fsp3) is 0.333. The lowest BCUT2D eigenvalue weighted by Crippen LogP contribution is -2.39. The highest BCUT2D eigenvalue weighted by Gasteiger charge is 2.59. The fourth-order valence-corrected chi connectivity index (χ4v) is 5.23. The summed E-state index contributed by atoms with van der Waals surface area (Å²) in [6, 6.07) is 7.60. The monoisotopic (exact) mass is 353 g/mol. The number of nitrogens with one attached hydrogen (secondary N) is 1. The molecule has 2 fully saturated rings. The van der Waals surface area contributed by atoms with E-state index in [1.54, 1.807) is 0 Å². The third-order valence-corrected chi connectivity index (χ3v) is 6.36. The number of hydrogen-bond acceptors (Lipinski definition) is 5. The number of rotatable bonds is 3. The minimum absolute atomic E-state index is 0.156. The van der Waals surface area contributed by atoms with Crippen molar-refractivity contribution in [1.29, 1.82) is 0 Å². The highest BCUT2D eigenvalue weighted by Crippen LogP contribution is 2.52. The minimum atomic E-state index is -0.388. The second-order valence-electron chi connectivity index (χ2n) is 6.80. The largest absolute Gasteiger partial charge is 0.300 e. The Kier molecular flexibility index (Phi) is 3.09. The van der Waals surface area contributed by atoms with Crippen molar-refractivity contribution in [3.63, 3.8) is 0 Å². The predicted octanol–water partition coefficient (Wildman–Crippen LogP) is 2.04. The number of aromatic nitrogens is 1. The first-order valence-electron chi connectivity index (χ1n) is 8.31. The predicted molar refractivity (Wildman–Crippen MR) is 92.7 cm³/mol. The summed E-state index contributed by atoms with van der Waals surface area (Å²) in [5, 5.41) is 3.19. The number of imide groups is 1. The molecule has 2 bridgehead atoms. The molecular weight excluding hydrogens is 338 g/mol. The van der Waals surface area contributed by atoms with Crippen LogP contribution in [0.1, 0.15) is 6.42 Å². The van der Waals surface area contributed by atoms with Gasteiger partial charge in [0.25, 0.3) is 0 Å².